The summed E-state index contributed by atoms with van der Waals surface area (Å²) in [4.78, 5) is 13.2. The van der Waals surface area contributed by atoms with Crippen molar-refractivity contribution in [2.45, 2.75) is 57.0 Å². The van der Waals surface area contributed by atoms with E-state index in [0.717, 1.165) is 43.0 Å². The molecule has 7 heteroatoms. The summed E-state index contributed by atoms with van der Waals surface area (Å²) in [5.74, 6) is 1.47. The fourth-order valence-electron chi connectivity index (χ4n) is 4.14. The molecule has 6 nitrogen and oxygen atoms in total. The van der Waals surface area contributed by atoms with Crippen molar-refractivity contribution in [1.82, 2.24) is 20.1 Å². The Labute approximate surface area is 158 Å². The van der Waals surface area contributed by atoms with Crippen LogP contribution >= 0.6 is 0 Å². The molecular weight excluding hydrogens is 347 g/mol. The van der Waals surface area contributed by atoms with Crippen molar-refractivity contribution in [2.75, 3.05) is 13.2 Å². The highest BCUT2D eigenvalue weighted by Crippen LogP contribution is 2.35. The summed E-state index contributed by atoms with van der Waals surface area (Å²) in [5.41, 5.74) is 0.151. The average molecular weight is 372 g/mol. The Hall–Kier alpha value is -2.28. The Balaban J connectivity index is 1.53. The first-order valence-electron chi connectivity index (χ1n) is 9.72. The van der Waals surface area contributed by atoms with Gasteiger partial charge in [-0.1, -0.05) is 18.6 Å². The van der Waals surface area contributed by atoms with E-state index in [1.54, 1.807) is 12.1 Å². The zero-order chi connectivity index (χ0) is 18.7. The Kier molecular flexibility index (Phi) is 5.20. The lowest BCUT2D eigenvalue weighted by Gasteiger charge is -2.36. The van der Waals surface area contributed by atoms with E-state index in [2.05, 4.69) is 20.1 Å². The molecule has 0 aliphatic carbocycles. The number of ether oxygens (including phenoxy) is 1. The lowest BCUT2D eigenvalue weighted by Crippen LogP contribution is -2.48. The monoisotopic (exact) mass is 372 g/mol. The van der Waals surface area contributed by atoms with Gasteiger partial charge in [0, 0.05) is 26.2 Å². The van der Waals surface area contributed by atoms with Crippen molar-refractivity contribution >= 4 is 5.91 Å². The number of fused-ring (bicyclic) bond motifs is 1. The topological polar surface area (TPSA) is 69.0 Å². The molecule has 144 valence electrons. The molecule has 2 aliphatic rings. The number of halogens is 1. The highest BCUT2D eigenvalue weighted by molar-refractivity contribution is 5.88. The first-order chi connectivity index (χ1) is 13.2. The van der Waals surface area contributed by atoms with Crippen LogP contribution < -0.4 is 5.32 Å². The largest absolute Gasteiger partial charge is 0.381 e. The minimum absolute atomic E-state index is 0.0524. The van der Waals surface area contributed by atoms with E-state index in [0.29, 0.717) is 32.6 Å². The maximum Gasteiger partial charge on any atom is 0.231 e. The van der Waals surface area contributed by atoms with Crippen LogP contribution in [0.2, 0.25) is 0 Å². The molecule has 2 aliphatic heterocycles. The first kappa shape index (κ1) is 18.1. The van der Waals surface area contributed by atoms with Gasteiger partial charge in [-0.2, -0.15) is 0 Å². The van der Waals surface area contributed by atoms with Crippen molar-refractivity contribution in [3.05, 3.63) is 47.3 Å². The molecule has 1 fully saturated rings. The van der Waals surface area contributed by atoms with Gasteiger partial charge in [0.2, 0.25) is 5.91 Å². The summed E-state index contributed by atoms with van der Waals surface area (Å²) < 4.78 is 21.0. The van der Waals surface area contributed by atoms with Crippen LogP contribution in [-0.4, -0.2) is 33.9 Å². The highest BCUT2D eigenvalue weighted by Gasteiger charge is 2.41. The van der Waals surface area contributed by atoms with Gasteiger partial charge in [0.05, 0.1) is 12.0 Å². The summed E-state index contributed by atoms with van der Waals surface area (Å²) in [6, 6.07) is 6.25. The van der Waals surface area contributed by atoms with Crippen LogP contribution in [-0.2, 0) is 34.5 Å². The van der Waals surface area contributed by atoms with Crippen molar-refractivity contribution in [2.24, 2.45) is 0 Å². The van der Waals surface area contributed by atoms with Gasteiger partial charge < -0.3 is 14.6 Å². The zero-order valence-electron chi connectivity index (χ0n) is 15.4. The van der Waals surface area contributed by atoms with E-state index in [4.69, 9.17) is 4.74 Å². The molecule has 1 amide bonds. The first-order valence-corrected chi connectivity index (χ1v) is 9.72. The quantitative estimate of drug-likeness (QED) is 0.895. The van der Waals surface area contributed by atoms with E-state index in [1.165, 1.54) is 18.6 Å². The summed E-state index contributed by atoms with van der Waals surface area (Å²) in [6.07, 6.45) is 5.56. The van der Waals surface area contributed by atoms with E-state index in [1.807, 2.05) is 0 Å². The lowest BCUT2D eigenvalue weighted by molar-refractivity contribution is -0.130. The number of aromatic nitrogens is 3. The molecule has 0 bridgehead atoms. The van der Waals surface area contributed by atoms with Crippen LogP contribution in [0, 0.1) is 5.82 Å². The van der Waals surface area contributed by atoms with Crippen LogP contribution in [0.15, 0.2) is 24.3 Å². The maximum atomic E-state index is 13.4. The van der Waals surface area contributed by atoms with Gasteiger partial charge in [-0.3, -0.25) is 4.79 Å². The van der Waals surface area contributed by atoms with Crippen LogP contribution in [0.5, 0.6) is 0 Å². The van der Waals surface area contributed by atoms with Gasteiger partial charge >= 0.3 is 0 Å². The second-order valence-corrected chi connectivity index (χ2v) is 7.38. The molecule has 0 spiro atoms. The fraction of sp³-hybridized carbons (Fsp3) is 0.550. The number of benzene rings is 1. The van der Waals surface area contributed by atoms with E-state index in [-0.39, 0.29) is 11.7 Å². The third-order valence-corrected chi connectivity index (χ3v) is 5.77. The lowest BCUT2D eigenvalue weighted by atomic mass is 9.73. The minimum atomic E-state index is -0.687. The Bertz CT molecular complexity index is 797. The smallest absolute Gasteiger partial charge is 0.231 e. The number of hydrogen-bond acceptors (Lipinski definition) is 4. The van der Waals surface area contributed by atoms with Gasteiger partial charge in [-0.25, -0.2) is 4.39 Å². The van der Waals surface area contributed by atoms with Gasteiger partial charge in [0.1, 0.15) is 11.6 Å². The summed E-state index contributed by atoms with van der Waals surface area (Å²) in [7, 11) is 0. The molecule has 4 rings (SSSR count). The Morgan fingerprint density at radius 2 is 1.93 bits per heavy atom. The molecule has 2 aromatic rings. The number of hydrogen-bond donors (Lipinski definition) is 1. The van der Waals surface area contributed by atoms with E-state index >= 15 is 0 Å². The summed E-state index contributed by atoms with van der Waals surface area (Å²) in [5, 5.41) is 11.6. The van der Waals surface area contributed by atoms with Crippen molar-refractivity contribution in [3.8, 4) is 0 Å². The summed E-state index contributed by atoms with van der Waals surface area (Å²) >= 11 is 0. The molecule has 1 aromatic heterocycles. The van der Waals surface area contributed by atoms with Crippen LogP contribution in [0.25, 0.3) is 0 Å². The average Bonchev–Trinajstić information content (AvgIpc) is 2.93. The fourth-order valence-corrected chi connectivity index (χ4v) is 4.14. The Morgan fingerprint density at radius 3 is 2.70 bits per heavy atom. The third kappa shape index (κ3) is 3.60. The number of nitrogens with zero attached hydrogens (tertiary/aromatic N) is 3. The zero-order valence-corrected chi connectivity index (χ0v) is 15.4. The van der Waals surface area contributed by atoms with Crippen LogP contribution in [0.3, 0.4) is 0 Å². The van der Waals surface area contributed by atoms with Crippen LogP contribution in [0.4, 0.5) is 4.39 Å². The molecule has 1 N–H and O–H groups in total. The third-order valence-electron chi connectivity index (χ3n) is 5.77. The number of rotatable bonds is 4. The van der Waals surface area contributed by atoms with Gasteiger partial charge in [-0.15, -0.1) is 10.2 Å². The molecular formula is C20H25FN4O2. The molecule has 0 unspecified atom stereocenters. The van der Waals surface area contributed by atoms with Gasteiger partial charge in [-0.05, 0) is 43.4 Å². The summed E-state index contributed by atoms with van der Waals surface area (Å²) in [6.45, 7) is 2.30. The normalized spacial score (nSPS) is 19.1. The molecule has 0 saturated carbocycles. The predicted molar refractivity (Wildman–Crippen MR) is 97.6 cm³/mol. The molecule has 0 atom stereocenters. The highest BCUT2D eigenvalue weighted by atomic mass is 19.1. The standard InChI is InChI=1S/C20H25FN4O2/c21-16-7-5-15(6-8-16)20(9-12-27-13-10-20)19(26)22-14-18-24-23-17-4-2-1-3-11-25(17)18/h5-8H,1-4,9-14H2,(H,22,26). The second-order valence-electron chi connectivity index (χ2n) is 7.38. The maximum absolute atomic E-state index is 13.4. The predicted octanol–water partition coefficient (Wildman–Crippen LogP) is 2.51. The number of nitrogens with one attached hydrogen (secondary N) is 1. The molecule has 1 saturated heterocycles. The molecule has 3 heterocycles. The number of carbonyl (C=O) groups is 1. The SMILES string of the molecule is O=C(NCc1nnc2n1CCCCC2)C1(c2ccc(F)cc2)CCOCC1. The van der Waals surface area contributed by atoms with Gasteiger partial charge in [0.15, 0.2) is 5.82 Å². The van der Waals surface area contributed by atoms with Crippen LogP contribution in [0.1, 0.15) is 49.3 Å². The number of aryl methyl sites for hydroxylation is 1. The molecule has 0 radical (unpaired) electrons. The Morgan fingerprint density at radius 1 is 1.15 bits per heavy atom. The minimum Gasteiger partial charge on any atom is -0.381 e. The molecule has 27 heavy (non-hydrogen) atoms. The second kappa shape index (κ2) is 7.76. The number of carbonyl (C=O) groups excluding carboxylic acids is 1. The van der Waals surface area contributed by atoms with E-state index in [9.17, 15) is 9.18 Å². The molecule has 1 aromatic carbocycles. The van der Waals surface area contributed by atoms with Crippen molar-refractivity contribution in [3.63, 3.8) is 0 Å². The van der Waals surface area contributed by atoms with Crippen molar-refractivity contribution < 1.29 is 13.9 Å². The van der Waals surface area contributed by atoms with Gasteiger partial charge in [0.25, 0.3) is 0 Å². The van der Waals surface area contributed by atoms with E-state index < -0.39 is 5.41 Å². The van der Waals surface area contributed by atoms with Crippen molar-refractivity contribution in [1.29, 1.82) is 0 Å². The number of amides is 1.